The SMILES string of the molecule is O=C(I)C(F)C(F)Cc1ccccc1. The highest BCUT2D eigenvalue weighted by Gasteiger charge is 2.25. The van der Waals surface area contributed by atoms with Crippen LogP contribution >= 0.6 is 22.6 Å². The van der Waals surface area contributed by atoms with Gasteiger partial charge < -0.3 is 0 Å². The summed E-state index contributed by atoms with van der Waals surface area (Å²) in [5, 5.41) is 0. The minimum Gasteiger partial charge on any atom is -0.284 e. The zero-order valence-corrected chi connectivity index (χ0v) is 9.45. The average Bonchev–Trinajstić information content (AvgIpc) is 2.18. The number of alkyl halides is 2. The fourth-order valence-corrected chi connectivity index (χ4v) is 1.48. The fourth-order valence-electron chi connectivity index (χ4n) is 1.08. The van der Waals surface area contributed by atoms with E-state index in [0.717, 1.165) is 0 Å². The minimum absolute atomic E-state index is 0.0588. The zero-order chi connectivity index (χ0) is 10.6. The summed E-state index contributed by atoms with van der Waals surface area (Å²) in [5.74, 6) is 0. The van der Waals surface area contributed by atoms with Gasteiger partial charge in [-0.2, -0.15) is 0 Å². The third-order valence-corrected chi connectivity index (χ3v) is 2.40. The van der Waals surface area contributed by atoms with Gasteiger partial charge in [0, 0.05) is 29.0 Å². The number of rotatable bonds is 4. The van der Waals surface area contributed by atoms with E-state index in [-0.39, 0.29) is 6.42 Å². The normalized spacial score (nSPS) is 14.8. The molecule has 14 heavy (non-hydrogen) atoms. The van der Waals surface area contributed by atoms with Crippen molar-refractivity contribution in [2.45, 2.75) is 18.8 Å². The smallest absolute Gasteiger partial charge is 0.229 e. The van der Waals surface area contributed by atoms with Crippen LogP contribution in [0.5, 0.6) is 0 Å². The maximum Gasteiger partial charge on any atom is 0.229 e. The molecule has 76 valence electrons. The summed E-state index contributed by atoms with van der Waals surface area (Å²) in [7, 11) is 0. The molecule has 1 nitrogen and oxygen atoms in total. The molecule has 0 radical (unpaired) electrons. The first-order valence-electron chi connectivity index (χ1n) is 4.12. The van der Waals surface area contributed by atoms with Crippen molar-refractivity contribution in [3.8, 4) is 0 Å². The topological polar surface area (TPSA) is 17.1 Å². The van der Waals surface area contributed by atoms with Gasteiger partial charge in [-0.25, -0.2) is 8.78 Å². The molecule has 0 heterocycles. The van der Waals surface area contributed by atoms with Crippen LogP contribution in [-0.2, 0) is 11.2 Å². The van der Waals surface area contributed by atoms with Crippen LogP contribution < -0.4 is 0 Å². The Bertz CT molecular complexity index is 302. The maximum atomic E-state index is 13.1. The molecule has 0 aromatic heterocycles. The number of hydrogen-bond donors (Lipinski definition) is 0. The molecule has 1 aromatic carbocycles. The van der Waals surface area contributed by atoms with Gasteiger partial charge >= 0.3 is 0 Å². The van der Waals surface area contributed by atoms with Gasteiger partial charge in [-0.15, -0.1) is 0 Å². The van der Waals surface area contributed by atoms with E-state index in [4.69, 9.17) is 0 Å². The third kappa shape index (κ3) is 3.32. The number of halogens is 3. The third-order valence-electron chi connectivity index (χ3n) is 1.81. The van der Waals surface area contributed by atoms with Gasteiger partial charge in [0.1, 0.15) is 6.17 Å². The molecule has 0 saturated heterocycles. The van der Waals surface area contributed by atoms with Crippen molar-refractivity contribution < 1.29 is 13.6 Å². The van der Waals surface area contributed by atoms with E-state index in [9.17, 15) is 13.6 Å². The van der Waals surface area contributed by atoms with Crippen LogP contribution in [0.2, 0.25) is 0 Å². The molecule has 1 rings (SSSR count). The Morgan fingerprint density at radius 2 is 1.86 bits per heavy atom. The molecule has 0 N–H and O–H groups in total. The zero-order valence-electron chi connectivity index (χ0n) is 7.29. The molecule has 0 aliphatic heterocycles. The first kappa shape index (κ1) is 11.6. The monoisotopic (exact) mass is 310 g/mol. The number of carbonyl (C=O) groups is 1. The Balaban J connectivity index is 2.57. The van der Waals surface area contributed by atoms with Crippen LogP contribution in [0.3, 0.4) is 0 Å². The second-order valence-electron chi connectivity index (χ2n) is 2.91. The van der Waals surface area contributed by atoms with Crippen molar-refractivity contribution in [1.82, 2.24) is 0 Å². The van der Waals surface area contributed by atoms with Gasteiger partial charge in [0.25, 0.3) is 0 Å². The number of hydrogen-bond acceptors (Lipinski definition) is 1. The van der Waals surface area contributed by atoms with Crippen LogP contribution in [0.1, 0.15) is 5.56 Å². The van der Waals surface area contributed by atoms with Gasteiger partial charge in [0.15, 0.2) is 6.17 Å². The molecular formula is C10H9F2IO. The predicted octanol–water partition coefficient (Wildman–Crippen LogP) is 2.87. The summed E-state index contributed by atoms with van der Waals surface area (Å²) < 4.78 is 25.2. The van der Waals surface area contributed by atoms with Crippen LogP contribution in [0.25, 0.3) is 0 Å². The van der Waals surface area contributed by atoms with E-state index < -0.39 is 16.1 Å². The van der Waals surface area contributed by atoms with Gasteiger partial charge in [-0.3, -0.25) is 4.79 Å². The van der Waals surface area contributed by atoms with Gasteiger partial charge in [0.05, 0.1) is 0 Å². The lowest BCUT2D eigenvalue weighted by Gasteiger charge is -2.09. The molecule has 0 amide bonds. The highest BCUT2D eigenvalue weighted by molar-refractivity contribution is 14.1. The summed E-state index contributed by atoms with van der Waals surface area (Å²) in [6.07, 6.45) is -3.82. The summed E-state index contributed by atoms with van der Waals surface area (Å²) >= 11 is 1.27. The van der Waals surface area contributed by atoms with Crippen LogP contribution in [0, 0.1) is 0 Å². The Kier molecular flexibility index (Phi) is 4.44. The van der Waals surface area contributed by atoms with Crippen LogP contribution in [-0.4, -0.2) is 16.1 Å². The summed E-state index contributed by atoms with van der Waals surface area (Å²) in [6, 6.07) is 8.71. The first-order valence-corrected chi connectivity index (χ1v) is 5.20. The predicted molar refractivity (Wildman–Crippen MR) is 59.0 cm³/mol. The molecule has 0 aliphatic carbocycles. The summed E-state index contributed by atoms with van der Waals surface area (Å²) in [5.41, 5.74) is 0.695. The molecule has 0 bridgehead atoms. The van der Waals surface area contributed by atoms with E-state index in [1.165, 1.54) is 22.6 Å². The summed E-state index contributed by atoms with van der Waals surface area (Å²) in [6.45, 7) is 0. The summed E-state index contributed by atoms with van der Waals surface area (Å²) in [4.78, 5) is 10.5. The second-order valence-corrected chi connectivity index (χ2v) is 3.97. The lowest BCUT2D eigenvalue weighted by molar-refractivity contribution is -0.115. The van der Waals surface area contributed by atoms with Gasteiger partial charge in [0.2, 0.25) is 3.79 Å². The standard InChI is InChI=1S/C10H9F2IO/c11-8(9(12)10(13)14)6-7-4-2-1-3-5-7/h1-5,8-9H,6H2. The highest BCUT2D eigenvalue weighted by atomic mass is 127. The Morgan fingerprint density at radius 3 is 2.36 bits per heavy atom. The maximum absolute atomic E-state index is 13.1. The van der Waals surface area contributed by atoms with Crippen molar-refractivity contribution in [2.75, 3.05) is 0 Å². The molecule has 1 aromatic rings. The van der Waals surface area contributed by atoms with Gasteiger partial charge in [-0.05, 0) is 5.56 Å². The van der Waals surface area contributed by atoms with E-state index in [2.05, 4.69) is 0 Å². The largest absolute Gasteiger partial charge is 0.284 e. The molecule has 2 atom stereocenters. The Morgan fingerprint density at radius 1 is 1.29 bits per heavy atom. The Hall–Kier alpha value is -0.520. The molecule has 2 unspecified atom stereocenters. The van der Waals surface area contributed by atoms with Crippen molar-refractivity contribution in [1.29, 1.82) is 0 Å². The molecule has 0 spiro atoms. The second kappa shape index (κ2) is 5.38. The van der Waals surface area contributed by atoms with Gasteiger partial charge in [-0.1, -0.05) is 30.3 Å². The average molecular weight is 310 g/mol. The fraction of sp³-hybridized carbons (Fsp3) is 0.300. The van der Waals surface area contributed by atoms with E-state index in [0.29, 0.717) is 5.56 Å². The lowest BCUT2D eigenvalue weighted by Crippen LogP contribution is -2.24. The Labute approximate surface area is 94.6 Å². The minimum atomic E-state index is -2.02. The number of carbonyl (C=O) groups excluding carboxylic acids is 1. The molecular weight excluding hydrogens is 301 g/mol. The molecule has 0 fully saturated rings. The van der Waals surface area contributed by atoms with E-state index in [1.54, 1.807) is 30.3 Å². The van der Waals surface area contributed by atoms with E-state index in [1.807, 2.05) is 0 Å². The van der Waals surface area contributed by atoms with Crippen LogP contribution in [0.15, 0.2) is 30.3 Å². The van der Waals surface area contributed by atoms with E-state index >= 15 is 0 Å². The number of benzene rings is 1. The molecule has 0 aliphatic rings. The quantitative estimate of drug-likeness (QED) is 0.617. The van der Waals surface area contributed by atoms with Crippen LogP contribution in [0.4, 0.5) is 8.78 Å². The van der Waals surface area contributed by atoms with Crippen molar-refractivity contribution >= 4 is 26.4 Å². The highest BCUT2D eigenvalue weighted by Crippen LogP contribution is 2.14. The lowest BCUT2D eigenvalue weighted by atomic mass is 10.1. The van der Waals surface area contributed by atoms with Crippen molar-refractivity contribution in [3.05, 3.63) is 35.9 Å². The van der Waals surface area contributed by atoms with Crippen molar-refractivity contribution in [2.24, 2.45) is 0 Å². The molecule has 4 heteroatoms. The molecule has 0 saturated carbocycles. The van der Waals surface area contributed by atoms with Crippen molar-refractivity contribution in [3.63, 3.8) is 0 Å². The first-order chi connectivity index (χ1) is 6.61.